The SMILES string of the molecule is COc1ccc(CCBr)cc1C. The fourth-order valence-corrected chi connectivity index (χ4v) is 1.66. The molecule has 0 bridgehead atoms. The Morgan fingerprint density at radius 2 is 2.17 bits per heavy atom. The molecule has 0 unspecified atom stereocenters. The van der Waals surface area contributed by atoms with E-state index in [2.05, 4.69) is 35.0 Å². The Morgan fingerprint density at radius 3 is 2.67 bits per heavy atom. The number of ether oxygens (including phenoxy) is 1. The molecule has 0 aliphatic carbocycles. The Balaban J connectivity index is 2.86. The molecule has 0 aliphatic rings. The lowest BCUT2D eigenvalue weighted by molar-refractivity contribution is 0.411. The van der Waals surface area contributed by atoms with Gasteiger partial charge in [0.15, 0.2) is 0 Å². The quantitative estimate of drug-likeness (QED) is 0.724. The lowest BCUT2D eigenvalue weighted by Gasteiger charge is -2.05. The van der Waals surface area contributed by atoms with Crippen molar-refractivity contribution in [1.82, 2.24) is 0 Å². The van der Waals surface area contributed by atoms with Crippen molar-refractivity contribution in [3.63, 3.8) is 0 Å². The Morgan fingerprint density at radius 1 is 1.42 bits per heavy atom. The number of rotatable bonds is 3. The number of benzene rings is 1. The van der Waals surface area contributed by atoms with Gasteiger partial charge in [-0.2, -0.15) is 0 Å². The van der Waals surface area contributed by atoms with Crippen LogP contribution in [-0.4, -0.2) is 12.4 Å². The van der Waals surface area contributed by atoms with E-state index in [4.69, 9.17) is 4.74 Å². The third-order valence-electron chi connectivity index (χ3n) is 1.84. The van der Waals surface area contributed by atoms with Crippen LogP contribution >= 0.6 is 15.9 Å². The molecule has 0 amide bonds. The van der Waals surface area contributed by atoms with Crippen LogP contribution in [0, 0.1) is 6.92 Å². The molecule has 1 aromatic rings. The minimum Gasteiger partial charge on any atom is -0.496 e. The molecule has 1 nitrogen and oxygen atoms in total. The minimum atomic E-state index is 0.966. The summed E-state index contributed by atoms with van der Waals surface area (Å²) < 4.78 is 5.17. The summed E-state index contributed by atoms with van der Waals surface area (Å²) >= 11 is 3.41. The molecule has 1 aromatic carbocycles. The zero-order chi connectivity index (χ0) is 8.97. The second kappa shape index (κ2) is 4.51. The Hall–Kier alpha value is -0.500. The van der Waals surface area contributed by atoms with E-state index in [1.54, 1.807) is 7.11 Å². The van der Waals surface area contributed by atoms with Gasteiger partial charge in [0.1, 0.15) is 5.75 Å². The van der Waals surface area contributed by atoms with Gasteiger partial charge in [-0.25, -0.2) is 0 Å². The van der Waals surface area contributed by atoms with Crippen molar-refractivity contribution in [3.05, 3.63) is 29.3 Å². The summed E-state index contributed by atoms with van der Waals surface area (Å²) in [5.41, 5.74) is 2.56. The number of aryl methyl sites for hydroxylation is 2. The molecule has 0 heterocycles. The van der Waals surface area contributed by atoms with Crippen LogP contribution in [0.2, 0.25) is 0 Å². The summed E-state index contributed by atoms with van der Waals surface area (Å²) in [6.45, 7) is 2.07. The van der Waals surface area contributed by atoms with Gasteiger partial charge in [-0.15, -0.1) is 0 Å². The van der Waals surface area contributed by atoms with E-state index >= 15 is 0 Å². The predicted octanol–water partition coefficient (Wildman–Crippen LogP) is 2.94. The molecule has 12 heavy (non-hydrogen) atoms. The fraction of sp³-hybridized carbons (Fsp3) is 0.400. The molecule has 0 aromatic heterocycles. The normalized spacial score (nSPS) is 9.92. The van der Waals surface area contributed by atoms with Crippen molar-refractivity contribution in [1.29, 1.82) is 0 Å². The zero-order valence-electron chi connectivity index (χ0n) is 7.43. The maximum Gasteiger partial charge on any atom is 0.121 e. The predicted molar refractivity (Wildman–Crippen MR) is 55.2 cm³/mol. The van der Waals surface area contributed by atoms with E-state index < -0.39 is 0 Å². The van der Waals surface area contributed by atoms with Gasteiger partial charge in [0.05, 0.1) is 7.11 Å². The second-order valence-electron chi connectivity index (χ2n) is 2.74. The van der Waals surface area contributed by atoms with E-state index in [1.807, 2.05) is 6.07 Å². The van der Waals surface area contributed by atoms with Crippen LogP contribution < -0.4 is 4.74 Å². The van der Waals surface area contributed by atoms with Crippen LogP contribution in [-0.2, 0) is 6.42 Å². The summed E-state index contributed by atoms with van der Waals surface area (Å²) in [4.78, 5) is 0. The number of halogens is 1. The zero-order valence-corrected chi connectivity index (χ0v) is 9.02. The maximum absolute atomic E-state index is 5.17. The summed E-state index contributed by atoms with van der Waals surface area (Å²) in [7, 11) is 1.70. The van der Waals surface area contributed by atoms with Crippen LogP contribution in [0.4, 0.5) is 0 Å². The van der Waals surface area contributed by atoms with Gasteiger partial charge < -0.3 is 4.74 Å². The molecule has 0 fully saturated rings. The first-order valence-corrected chi connectivity index (χ1v) is 5.09. The highest BCUT2D eigenvalue weighted by molar-refractivity contribution is 9.09. The first kappa shape index (κ1) is 9.59. The molecule has 1 rings (SSSR count). The van der Waals surface area contributed by atoms with E-state index in [0.717, 1.165) is 17.5 Å². The molecule has 0 saturated heterocycles. The molecular formula is C10H13BrO. The Labute approximate surface area is 81.9 Å². The standard InChI is InChI=1S/C10H13BrO/c1-8-7-9(5-6-11)3-4-10(8)12-2/h3-4,7H,5-6H2,1-2H3. The minimum absolute atomic E-state index is 0.966. The maximum atomic E-state index is 5.17. The highest BCUT2D eigenvalue weighted by Crippen LogP contribution is 2.18. The molecule has 2 heteroatoms. The van der Waals surface area contributed by atoms with E-state index in [0.29, 0.717) is 0 Å². The largest absolute Gasteiger partial charge is 0.496 e. The first-order chi connectivity index (χ1) is 5.77. The third-order valence-corrected chi connectivity index (χ3v) is 2.24. The smallest absolute Gasteiger partial charge is 0.121 e. The molecule has 0 spiro atoms. The highest BCUT2D eigenvalue weighted by atomic mass is 79.9. The molecule has 0 aliphatic heterocycles. The highest BCUT2D eigenvalue weighted by Gasteiger charge is 1.98. The number of hydrogen-bond donors (Lipinski definition) is 0. The van der Waals surface area contributed by atoms with Crippen molar-refractivity contribution >= 4 is 15.9 Å². The molecule has 0 saturated carbocycles. The summed E-state index contributed by atoms with van der Waals surface area (Å²) in [6.07, 6.45) is 1.07. The van der Waals surface area contributed by atoms with Gasteiger partial charge >= 0.3 is 0 Å². The van der Waals surface area contributed by atoms with Crippen molar-refractivity contribution < 1.29 is 4.74 Å². The number of methoxy groups -OCH3 is 1. The Bertz CT molecular complexity index is 258. The van der Waals surface area contributed by atoms with Gasteiger partial charge in [-0.1, -0.05) is 28.1 Å². The molecule has 0 atom stereocenters. The van der Waals surface area contributed by atoms with E-state index in [-0.39, 0.29) is 0 Å². The van der Waals surface area contributed by atoms with Crippen LogP contribution in [0.25, 0.3) is 0 Å². The summed E-state index contributed by atoms with van der Waals surface area (Å²) in [5.74, 6) is 0.966. The average Bonchev–Trinajstić information content (AvgIpc) is 2.05. The van der Waals surface area contributed by atoms with Crippen LogP contribution in [0.3, 0.4) is 0 Å². The molecule has 66 valence electrons. The van der Waals surface area contributed by atoms with Gasteiger partial charge in [0.2, 0.25) is 0 Å². The Kier molecular flexibility index (Phi) is 3.60. The lowest BCUT2D eigenvalue weighted by atomic mass is 10.1. The monoisotopic (exact) mass is 228 g/mol. The third kappa shape index (κ3) is 2.24. The second-order valence-corrected chi connectivity index (χ2v) is 3.54. The van der Waals surface area contributed by atoms with Crippen molar-refractivity contribution in [2.75, 3.05) is 12.4 Å². The topological polar surface area (TPSA) is 9.23 Å². The van der Waals surface area contributed by atoms with Gasteiger partial charge in [-0.05, 0) is 30.5 Å². The van der Waals surface area contributed by atoms with E-state index in [1.165, 1.54) is 11.1 Å². The van der Waals surface area contributed by atoms with Gasteiger partial charge in [0, 0.05) is 5.33 Å². The number of alkyl halides is 1. The molecule has 0 radical (unpaired) electrons. The van der Waals surface area contributed by atoms with Crippen LogP contribution in [0.15, 0.2) is 18.2 Å². The van der Waals surface area contributed by atoms with Crippen LogP contribution in [0.1, 0.15) is 11.1 Å². The molecule has 0 N–H and O–H groups in total. The van der Waals surface area contributed by atoms with Crippen LogP contribution in [0.5, 0.6) is 5.75 Å². The fourth-order valence-electron chi connectivity index (χ4n) is 1.21. The summed E-state index contributed by atoms with van der Waals surface area (Å²) in [6, 6.07) is 6.29. The van der Waals surface area contributed by atoms with Crippen molar-refractivity contribution in [2.45, 2.75) is 13.3 Å². The van der Waals surface area contributed by atoms with Crippen molar-refractivity contribution in [2.24, 2.45) is 0 Å². The number of hydrogen-bond acceptors (Lipinski definition) is 1. The van der Waals surface area contributed by atoms with Gasteiger partial charge in [-0.3, -0.25) is 0 Å². The van der Waals surface area contributed by atoms with Gasteiger partial charge in [0.25, 0.3) is 0 Å². The van der Waals surface area contributed by atoms with E-state index in [9.17, 15) is 0 Å². The lowest BCUT2D eigenvalue weighted by Crippen LogP contribution is -1.90. The first-order valence-electron chi connectivity index (χ1n) is 3.97. The summed E-state index contributed by atoms with van der Waals surface area (Å²) in [5, 5.41) is 1.01. The average molecular weight is 229 g/mol. The van der Waals surface area contributed by atoms with Crippen molar-refractivity contribution in [3.8, 4) is 5.75 Å². The molecular weight excluding hydrogens is 216 g/mol.